The minimum absolute atomic E-state index is 0.0634. The molecular weight excluding hydrogens is 268 g/mol. The third-order valence-electron chi connectivity index (χ3n) is 4.07. The lowest BCUT2D eigenvalue weighted by atomic mass is 9.93. The smallest absolute Gasteiger partial charge is 0.257 e. The second-order valence-corrected chi connectivity index (χ2v) is 5.18. The Balaban J connectivity index is 2.40. The molecule has 112 valence electrons. The molecule has 0 atom stereocenters. The van der Waals surface area contributed by atoms with Crippen LogP contribution in [0.15, 0.2) is 35.3 Å². The Kier molecular flexibility index (Phi) is 4.43. The molecule has 2 aromatic rings. The Morgan fingerprint density at radius 2 is 1.95 bits per heavy atom. The molecule has 1 heterocycles. The number of aliphatic hydroxyl groups excluding tert-OH is 1. The van der Waals surface area contributed by atoms with Gasteiger partial charge >= 0.3 is 0 Å². The first-order valence-electron chi connectivity index (χ1n) is 7.10. The zero-order valence-corrected chi connectivity index (χ0v) is 12.3. The molecule has 0 aliphatic carbocycles. The molecule has 0 aliphatic rings. The van der Waals surface area contributed by atoms with Gasteiger partial charge in [-0.1, -0.05) is 26.0 Å². The van der Waals surface area contributed by atoms with Gasteiger partial charge in [0.25, 0.3) is 5.91 Å². The van der Waals surface area contributed by atoms with E-state index >= 15 is 0 Å². The van der Waals surface area contributed by atoms with Crippen molar-refractivity contribution in [1.82, 2.24) is 10.3 Å². The molecule has 1 aromatic carbocycles. The lowest BCUT2D eigenvalue weighted by Gasteiger charge is -2.30. The summed E-state index contributed by atoms with van der Waals surface area (Å²) in [5.41, 5.74) is -0.234. The number of rotatable bonds is 5. The molecule has 0 saturated carbocycles. The van der Waals surface area contributed by atoms with Crippen LogP contribution in [0.1, 0.15) is 37.0 Å². The summed E-state index contributed by atoms with van der Waals surface area (Å²) in [5.74, 6) is -0.459. The molecule has 21 heavy (non-hydrogen) atoms. The first-order valence-corrected chi connectivity index (χ1v) is 7.10. The van der Waals surface area contributed by atoms with Gasteiger partial charge in [-0.05, 0) is 25.0 Å². The fraction of sp³-hybridized carbons (Fsp3) is 0.375. The largest absolute Gasteiger partial charge is 0.394 e. The molecule has 1 amide bonds. The van der Waals surface area contributed by atoms with Crippen LogP contribution in [0.4, 0.5) is 0 Å². The summed E-state index contributed by atoms with van der Waals surface area (Å²) >= 11 is 0. The summed E-state index contributed by atoms with van der Waals surface area (Å²) in [6, 6.07) is 7.05. The summed E-state index contributed by atoms with van der Waals surface area (Å²) in [6.07, 6.45) is 2.61. The number of fused-ring (bicyclic) bond motifs is 1. The standard InChI is InChI=1S/C16H20N2O3/c1-3-16(4-2,10-19)18-15(21)12-9-17-13-8-6-5-7-11(13)14(12)20/h5-9,19H,3-4,10H2,1-2H3,(H,17,20)(H,18,21). The highest BCUT2D eigenvalue weighted by Gasteiger charge is 2.28. The van der Waals surface area contributed by atoms with Crippen LogP contribution in [0.2, 0.25) is 0 Å². The number of hydrogen-bond acceptors (Lipinski definition) is 3. The van der Waals surface area contributed by atoms with Crippen molar-refractivity contribution in [3.05, 3.63) is 46.2 Å². The average molecular weight is 288 g/mol. The summed E-state index contributed by atoms with van der Waals surface area (Å²) in [4.78, 5) is 27.7. The van der Waals surface area contributed by atoms with Crippen LogP contribution in [0, 0.1) is 0 Å². The molecule has 0 unspecified atom stereocenters. The summed E-state index contributed by atoms with van der Waals surface area (Å²) in [5, 5.41) is 12.8. The number of H-pyrrole nitrogens is 1. The van der Waals surface area contributed by atoms with Gasteiger partial charge in [-0.2, -0.15) is 0 Å². The zero-order valence-electron chi connectivity index (χ0n) is 12.3. The third kappa shape index (κ3) is 2.83. The van der Waals surface area contributed by atoms with Crippen LogP contribution in [-0.2, 0) is 0 Å². The number of nitrogens with one attached hydrogen (secondary N) is 2. The van der Waals surface area contributed by atoms with Gasteiger partial charge in [0.05, 0.1) is 12.1 Å². The molecule has 1 aromatic heterocycles. The Labute approximate surface area is 123 Å². The predicted octanol–water partition coefficient (Wildman–Crippen LogP) is 1.81. The van der Waals surface area contributed by atoms with E-state index in [1.54, 1.807) is 18.2 Å². The van der Waals surface area contributed by atoms with E-state index in [2.05, 4.69) is 10.3 Å². The topological polar surface area (TPSA) is 82.2 Å². The van der Waals surface area contributed by atoms with E-state index in [-0.39, 0.29) is 17.6 Å². The van der Waals surface area contributed by atoms with E-state index in [0.717, 1.165) is 0 Å². The predicted molar refractivity (Wildman–Crippen MR) is 82.4 cm³/mol. The van der Waals surface area contributed by atoms with Crippen LogP contribution >= 0.6 is 0 Å². The lowest BCUT2D eigenvalue weighted by Crippen LogP contribution is -2.51. The Morgan fingerprint density at radius 3 is 2.57 bits per heavy atom. The van der Waals surface area contributed by atoms with Crippen molar-refractivity contribution >= 4 is 16.8 Å². The van der Waals surface area contributed by atoms with Crippen molar-refractivity contribution in [2.75, 3.05) is 6.61 Å². The highest BCUT2D eigenvalue weighted by molar-refractivity contribution is 5.97. The van der Waals surface area contributed by atoms with E-state index in [4.69, 9.17) is 0 Å². The van der Waals surface area contributed by atoms with Crippen LogP contribution in [0.5, 0.6) is 0 Å². The number of carbonyl (C=O) groups excluding carboxylic acids is 1. The molecular formula is C16H20N2O3. The first kappa shape index (κ1) is 15.3. The van der Waals surface area contributed by atoms with Gasteiger partial charge in [-0.15, -0.1) is 0 Å². The van der Waals surface area contributed by atoms with Crippen molar-refractivity contribution in [2.24, 2.45) is 0 Å². The number of pyridine rings is 1. The maximum atomic E-state index is 12.4. The molecule has 0 aliphatic heterocycles. The molecule has 5 nitrogen and oxygen atoms in total. The number of hydrogen-bond donors (Lipinski definition) is 3. The minimum atomic E-state index is -0.685. The number of aromatic amines is 1. The number of benzene rings is 1. The van der Waals surface area contributed by atoms with Gasteiger partial charge < -0.3 is 15.4 Å². The number of amides is 1. The van der Waals surface area contributed by atoms with E-state index < -0.39 is 11.4 Å². The summed E-state index contributed by atoms with van der Waals surface area (Å²) < 4.78 is 0. The number of para-hydroxylation sites is 1. The highest BCUT2D eigenvalue weighted by atomic mass is 16.3. The first-order chi connectivity index (χ1) is 10.1. The van der Waals surface area contributed by atoms with Gasteiger partial charge in [0, 0.05) is 17.1 Å². The molecule has 0 saturated heterocycles. The zero-order chi connectivity index (χ0) is 15.5. The second-order valence-electron chi connectivity index (χ2n) is 5.18. The van der Waals surface area contributed by atoms with E-state index in [9.17, 15) is 14.7 Å². The normalized spacial score (nSPS) is 11.6. The maximum absolute atomic E-state index is 12.4. The average Bonchev–Trinajstić information content (AvgIpc) is 2.53. The van der Waals surface area contributed by atoms with Gasteiger partial charge in [0.1, 0.15) is 5.56 Å². The van der Waals surface area contributed by atoms with Gasteiger partial charge in [0.15, 0.2) is 0 Å². The minimum Gasteiger partial charge on any atom is -0.394 e. The molecule has 3 N–H and O–H groups in total. The van der Waals surface area contributed by atoms with Crippen molar-refractivity contribution in [3.63, 3.8) is 0 Å². The Hall–Kier alpha value is -2.14. The molecule has 0 fully saturated rings. The van der Waals surface area contributed by atoms with Crippen molar-refractivity contribution in [2.45, 2.75) is 32.2 Å². The number of aromatic nitrogens is 1. The SMILES string of the molecule is CCC(CC)(CO)NC(=O)c1c[nH]c2ccccc2c1=O. The summed E-state index contributed by atoms with van der Waals surface area (Å²) in [7, 11) is 0. The Morgan fingerprint density at radius 1 is 1.29 bits per heavy atom. The van der Waals surface area contributed by atoms with E-state index in [0.29, 0.717) is 23.7 Å². The van der Waals surface area contributed by atoms with Crippen molar-refractivity contribution in [1.29, 1.82) is 0 Å². The van der Waals surface area contributed by atoms with Gasteiger partial charge in [-0.3, -0.25) is 9.59 Å². The maximum Gasteiger partial charge on any atom is 0.257 e. The van der Waals surface area contributed by atoms with Crippen LogP contribution in [-0.4, -0.2) is 28.1 Å². The molecule has 0 spiro atoms. The molecule has 0 radical (unpaired) electrons. The monoisotopic (exact) mass is 288 g/mol. The van der Waals surface area contributed by atoms with Crippen molar-refractivity contribution in [3.8, 4) is 0 Å². The van der Waals surface area contributed by atoms with E-state index in [1.807, 2.05) is 19.9 Å². The van der Waals surface area contributed by atoms with Crippen LogP contribution < -0.4 is 10.7 Å². The van der Waals surface area contributed by atoms with Gasteiger partial charge in [-0.25, -0.2) is 0 Å². The quantitative estimate of drug-likeness (QED) is 0.784. The molecule has 2 rings (SSSR count). The Bertz CT molecular complexity index is 694. The third-order valence-corrected chi connectivity index (χ3v) is 4.07. The highest BCUT2D eigenvalue weighted by Crippen LogP contribution is 2.15. The van der Waals surface area contributed by atoms with Crippen LogP contribution in [0.25, 0.3) is 10.9 Å². The van der Waals surface area contributed by atoms with Crippen molar-refractivity contribution < 1.29 is 9.90 Å². The van der Waals surface area contributed by atoms with Gasteiger partial charge in [0.2, 0.25) is 5.43 Å². The summed E-state index contributed by atoms with van der Waals surface area (Å²) in [6.45, 7) is 3.63. The fourth-order valence-corrected chi connectivity index (χ4v) is 2.33. The number of carbonyl (C=O) groups is 1. The molecule has 0 bridgehead atoms. The molecule has 5 heteroatoms. The fourth-order valence-electron chi connectivity index (χ4n) is 2.33. The number of aliphatic hydroxyl groups is 1. The second kappa shape index (κ2) is 6.10. The van der Waals surface area contributed by atoms with E-state index in [1.165, 1.54) is 6.20 Å². The lowest BCUT2D eigenvalue weighted by molar-refractivity contribution is 0.0816. The van der Waals surface area contributed by atoms with Crippen LogP contribution in [0.3, 0.4) is 0 Å².